The first-order valence-corrected chi connectivity index (χ1v) is 12.9. The van der Waals surface area contributed by atoms with Gasteiger partial charge in [-0.15, -0.1) is 0 Å². The molecule has 4 rings (SSSR count). The standard InChI is InChI=1S/C31H31NO3.C2H6/c1-23(31(34)27-16-10-5-11-17-27)32(2)30(33)20-25-18-28(26-14-8-4-9-15-26)21-29(19-25)35-22-24-12-6-3-7-13-24;1-2/h3-19,21,23,31,34H,20,22H2,1-2H3;1-2H3/t23-,31+;/m1./s1. The van der Waals surface area contributed by atoms with Gasteiger partial charge in [-0.2, -0.15) is 0 Å². The fraction of sp³-hybridized carbons (Fsp3) is 0.242. The third-order valence-electron chi connectivity index (χ3n) is 6.28. The van der Waals surface area contributed by atoms with Crippen molar-refractivity contribution in [3.8, 4) is 16.9 Å². The van der Waals surface area contributed by atoms with E-state index in [0.717, 1.165) is 33.6 Å². The van der Waals surface area contributed by atoms with E-state index in [0.29, 0.717) is 6.61 Å². The highest BCUT2D eigenvalue weighted by atomic mass is 16.5. The number of ether oxygens (including phenoxy) is 1. The van der Waals surface area contributed by atoms with Crippen LogP contribution >= 0.6 is 0 Å². The minimum atomic E-state index is -0.759. The second-order valence-corrected chi connectivity index (χ2v) is 8.78. The number of carbonyl (C=O) groups excluding carboxylic acids is 1. The molecule has 4 nitrogen and oxygen atoms in total. The number of amides is 1. The first-order valence-electron chi connectivity index (χ1n) is 12.9. The third kappa shape index (κ3) is 7.80. The number of nitrogens with zero attached hydrogens (tertiary/aromatic N) is 1. The van der Waals surface area contributed by atoms with Gasteiger partial charge in [0.05, 0.1) is 18.6 Å². The van der Waals surface area contributed by atoms with Crippen molar-refractivity contribution in [2.75, 3.05) is 7.05 Å². The van der Waals surface area contributed by atoms with Gasteiger partial charge in [0.1, 0.15) is 12.4 Å². The van der Waals surface area contributed by atoms with Gasteiger partial charge in [0.2, 0.25) is 5.91 Å². The lowest BCUT2D eigenvalue weighted by Gasteiger charge is -2.29. The summed E-state index contributed by atoms with van der Waals surface area (Å²) in [6.45, 7) is 6.32. The normalized spacial score (nSPS) is 12.0. The highest BCUT2D eigenvalue weighted by molar-refractivity contribution is 5.80. The van der Waals surface area contributed by atoms with E-state index in [1.807, 2.05) is 130 Å². The third-order valence-corrected chi connectivity index (χ3v) is 6.28. The Labute approximate surface area is 221 Å². The van der Waals surface area contributed by atoms with E-state index < -0.39 is 6.10 Å². The molecule has 1 amide bonds. The lowest BCUT2D eigenvalue weighted by Crippen LogP contribution is -2.39. The molecule has 2 atom stereocenters. The van der Waals surface area contributed by atoms with Gasteiger partial charge in [-0.05, 0) is 46.9 Å². The lowest BCUT2D eigenvalue weighted by atomic mass is 9.99. The van der Waals surface area contributed by atoms with Crippen molar-refractivity contribution in [1.82, 2.24) is 4.90 Å². The predicted octanol–water partition coefficient (Wildman–Crippen LogP) is 7.08. The summed E-state index contributed by atoms with van der Waals surface area (Å²) in [5.41, 5.74) is 4.81. The van der Waals surface area contributed by atoms with Gasteiger partial charge in [-0.3, -0.25) is 4.79 Å². The smallest absolute Gasteiger partial charge is 0.227 e. The van der Waals surface area contributed by atoms with Crippen LogP contribution in [0, 0.1) is 0 Å². The van der Waals surface area contributed by atoms with Crippen molar-refractivity contribution >= 4 is 5.91 Å². The molecule has 192 valence electrons. The molecule has 0 spiro atoms. The number of likely N-dealkylation sites (N-methyl/N-ethyl adjacent to an activating group) is 1. The van der Waals surface area contributed by atoms with Crippen molar-refractivity contribution < 1.29 is 14.6 Å². The minimum Gasteiger partial charge on any atom is -0.489 e. The average molecular weight is 496 g/mol. The Kier molecular flexibility index (Phi) is 10.5. The highest BCUT2D eigenvalue weighted by Crippen LogP contribution is 2.28. The van der Waals surface area contributed by atoms with Crippen LogP contribution in [0.15, 0.2) is 109 Å². The summed E-state index contributed by atoms with van der Waals surface area (Å²) in [7, 11) is 1.74. The van der Waals surface area contributed by atoms with Crippen molar-refractivity contribution in [3.63, 3.8) is 0 Å². The Morgan fingerprint density at radius 1 is 0.784 bits per heavy atom. The van der Waals surface area contributed by atoms with Gasteiger partial charge >= 0.3 is 0 Å². The van der Waals surface area contributed by atoms with Crippen molar-refractivity contribution in [3.05, 3.63) is 126 Å². The van der Waals surface area contributed by atoms with E-state index in [-0.39, 0.29) is 18.4 Å². The van der Waals surface area contributed by atoms with E-state index in [4.69, 9.17) is 4.74 Å². The zero-order valence-electron chi connectivity index (χ0n) is 22.2. The van der Waals surface area contributed by atoms with Crippen LogP contribution in [0.4, 0.5) is 0 Å². The number of hydrogen-bond acceptors (Lipinski definition) is 3. The molecule has 0 unspecified atom stereocenters. The Hall–Kier alpha value is -3.89. The highest BCUT2D eigenvalue weighted by Gasteiger charge is 2.24. The van der Waals surface area contributed by atoms with Crippen LogP contribution in [-0.2, 0) is 17.8 Å². The number of hydrogen-bond donors (Lipinski definition) is 1. The largest absolute Gasteiger partial charge is 0.489 e. The van der Waals surface area contributed by atoms with E-state index in [1.54, 1.807) is 11.9 Å². The Morgan fingerprint density at radius 3 is 1.97 bits per heavy atom. The summed E-state index contributed by atoms with van der Waals surface area (Å²) >= 11 is 0. The SMILES string of the molecule is CC.C[C@H]([C@H](O)c1ccccc1)N(C)C(=O)Cc1cc(OCc2ccccc2)cc(-c2ccccc2)c1. The Morgan fingerprint density at radius 2 is 1.35 bits per heavy atom. The molecule has 37 heavy (non-hydrogen) atoms. The second kappa shape index (κ2) is 14.0. The van der Waals surface area contributed by atoms with Crippen molar-refractivity contribution in [1.29, 1.82) is 0 Å². The number of rotatable bonds is 9. The lowest BCUT2D eigenvalue weighted by molar-refractivity contribution is -0.133. The molecule has 0 saturated heterocycles. The molecular weight excluding hydrogens is 458 g/mol. The summed E-state index contributed by atoms with van der Waals surface area (Å²) in [4.78, 5) is 14.8. The number of aliphatic hydroxyl groups excluding tert-OH is 1. The number of benzene rings is 4. The van der Waals surface area contributed by atoms with Gasteiger partial charge < -0.3 is 14.7 Å². The summed E-state index contributed by atoms with van der Waals surface area (Å²) in [6.07, 6.45) is -0.546. The molecule has 0 aliphatic heterocycles. The summed E-state index contributed by atoms with van der Waals surface area (Å²) in [5.74, 6) is 0.657. The molecule has 4 aromatic rings. The maximum Gasteiger partial charge on any atom is 0.227 e. The maximum absolute atomic E-state index is 13.2. The van der Waals surface area contributed by atoms with Crippen LogP contribution < -0.4 is 4.74 Å². The first kappa shape index (κ1) is 27.7. The van der Waals surface area contributed by atoms with Crippen molar-refractivity contribution in [2.45, 2.75) is 45.9 Å². The molecule has 0 aliphatic carbocycles. The first-order chi connectivity index (χ1) is 18.0. The number of carbonyl (C=O) groups is 1. The van der Waals surface area contributed by atoms with Gasteiger partial charge in [0.15, 0.2) is 0 Å². The van der Waals surface area contributed by atoms with Crippen molar-refractivity contribution in [2.24, 2.45) is 0 Å². The zero-order chi connectivity index (χ0) is 26.6. The summed E-state index contributed by atoms with van der Waals surface area (Å²) in [6, 6.07) is 35.1. The number of aliphatic hydroxyl groups is 1. The Balaban J connectivity index is 0.00000186. The van der Waals surface area contributed by atoms with E-state index in [1.165, 1.54) is 0 Å². The van der Waals surface area contributed by atoms with E-state index in [9.17, 15) is 9.90 Å². The fourth-order valence-corrected chi connectivity index (χ4v) is 4.05. The van der Waals surface area contributed by atoms with E-state index in [2.05, 4.69) is 0 Å². The molecule has 4 heteroatoms. The van der Waals surface area contributed by atoms with Gasteiger partial charge in [-0.1, -0.05) is 111 Å². The quantitative estimate of drug-likeness (QED) is 0.270. The fourth-order valence-electron chi connectivity index (χ4n) is 4.05. The van der Waals surface area contributed by atoms with E-state index >= 15 is 0 Å². The molecular formula is C33H37NO3. The Bertz CT molecular complexity index is 1230. The van der Waals surface area contributed by atoms with Crippen LogP contribution in [0.2, 0.25) is 0 Å². The van der Waals surface area contributed by atoms with Crippen LogP contribution in [-0.4, -0.2) is 29.0 Å². The molecule has 1 N–H and O–H groups in total. The molecule has 0 radical (unpaired) electrons. The van der Waals surface area contributed by atoms with Crippen LogP contribution in [0.1, 0.15) is 43.6 Å². The second-order valence-electron chi connectivity index (χ2n) is 8.78. The molecule has 4 aromatic carbocycles. The van der Waals surface area contributed by atoms with Gasteiger partial charge in [-0.25, -0.2) is 0 Å². The molecule has 0 aromatic heterocycles. The molecule has 0 aliphatic rings. The summed E-state index contributed by atoms with van der Waals surface area (Å²) < 4.78 is 6.12. The van der Waals surface area contributed by atoms with Gasteiger partial charge in [0.25, 0.3) is 0 Å². The van der Waals surface area contributed by atoms with Crippen LogP contribution in [0.25, 0.3) is 11.1 Å². The molecule has 0 bridgehead atoms. The molecule has 0 saturated carbocycles. The molecule has 0 heterocycles. The average Bonchev–Trinajstić information content (AvgIpc) is 2.97. The predicted molar refractivity (Wildman–Crippen MR) is 151 cm³/mol. The van der Waals surface area contributed by atoms with Crippen LogP contribution in [0.5, 0.6) is 5.75 Å². The topological polar surface area (TPSA) is 49.8 Å². The van der Waals surface area contributed by atoms with Crippen LogP contribution in [0.3, 0.4) is 0 Å². The molecule has 0 fully saturated rings. The maximum atomic E-state index is 13.2. The zero-order valence-corrected chi connectivity index (χ0v) is 22.2. The summed E-state index contributed by atoms with van der Waals surface area (Å²) in [5, 5.41) is 10.8. The minimum absolute atomic E-state index is 0.0632. The van der Waals surface area contributed by atoms with Gasteiger partial charge in [0, 0.05) is 7.05 Å². The monoisotopic (exact) mass is 495 g/mol.